The molecule has 0 N–H and O–H groups in total. The monoisotopic (exact) mass is 377 g/mol. The Kier molecular flexibility index (Phi) is 6.36. The first-order valence-corrected chi connectivity index (χ1v) is 8.70. The number of hydrogen-bond acceptors (Lipinski definition) is 6. The van der Waals surface area contributed by atoms with Crippen LogP contribution in [-0.4, -0.2) is 50.4 Å². The lowest BCUT2D eigenvalue weighted by Gasteiger charge is -2.37. The number of ether oxygens (including phenoxy) is 4. The average Bonchev–Trinajstić information content (AvgIpc) is 2.62. The Labute approximate surface area is 159 Å². The molecular weight excluding hydrogens is 350 g/mol. The average molecular weight is 377 g/mol. The van der Waals surface area contributed by atoms with E-state index < -0.39 is 23.7 Å². The molecule has 1 aliphatic rings. The van der Waals surface area contributed by atoms with Crippen molar-refractivity contribution < 1.29 is 28.5 Å². The Bertz CT molecular complexity index is 735. The molecule has 7 heteroatoms. The maximum atomic E-state index is 12.7. The van der Waals surface area contributed by atoms with Crippen LogP contribution in [0.4, 0.5) is 4.79 Å². The number of esters is 1. The van der Waals surface area contributed by atoms with Gasteiger partial charge in [-0.05, 0) is 50.5 Å². The summed E-state index contributed by atoms with van der Waals surface area (Å²) in [5.41, 5.74) is 1.25. The molecule has 0 saturated heterocycles. The molecule has 1 aromatic rings. The summed E-state index contributed by atoms with van der Waals surface area (Å²) in [5.74, 6) is 0.683. The number of nitrogens with zero attached hydrogens (tertiary/aromatic N) is 1. The molecule has 148 valence electrons. The van der Waals surface area contributed by atoms with Crippen LogP contribution < -0.4 is 9.47 Å². The zero-order valence-electron chi connectivity index (χ0n) is 16.7. The topological polar surface area (TPSA) is 74.3 Å². The normalized spacial score (nSPS) is 16.7. The fourth-order valence-electron chi connectivity index (χ4n) is 2.95. The van der Waals surface area contributed by atoms with Crippen LogP contribution >= 0.6 is 0 Å². The molecule has 0 unspecified atom stereocenters. The zero-order chi connectivity index (χ0) is 20.2. The number of benzene rings is 1. The highest BCUT2D eigenvalue weighted by Crippen LogP contribution is 2.39. The minimum Gasteiger partial charge on any atom is -0.493 e. The summed E-state index contributed by atoms with van der Waals surface area (Å²) in [4.78, 5) is 25.9. The van der Waals surface area contributed by atoms with E-state index in [0.29, 0.717) is 24.5 Å². The second kappa shape index (κ2) is 8.33. The number of fused-ring (bicyclic) bond motifs is 1. The van der Waals surface area contributed by atoms with E-state index in [0.717, 1.165) is 11.1 Å². The molecule has 0 saturated carbocycles. The predicted molar refractivity (Wildman–Crippen MR) is 100 cm³/mol. The Balaban J connectivity index is 2.48. The van der Waals surface area contributed by atoms with E-state index in [9.17, 15) is 9.59 Å². The number of amides is 1. The van der Waals surface area contributed by atoms with Crippen LogP contribution in [0.15, 0.2) is 24.3 Å². The Morgan fingerprint density at radius 2 is 1.74 bits per heavy atom. The number of carbonyl (C=O) groups is 2. The molecule has 0 radical (unpaired) electrons. The number of hydrogen-bond donors (Lipinski definition) is 0. The molecule has 1 heterocycles. The lowest BCUT2D eigenvalue weighted by atomic mass is 9.91. The highest BCUT2D eigenvalue weighted by atomic mass is 16.6. The van der Waals surface area contributed by atoms with Crippen molar-refractivity contribution in [1.82, 2.24) is 4.90 Å². The molecule has 1 aliphatic heterocycles. The molecule has 0 aromatic heterocycles. The molecule has 1 atom stereocenters. The van der Waals surface area contributed by atoms with Gasteiger partial charge in [0.1, 0.15) is 5.60 Å². The molecule has 0 spiro atoms. The van der Waals surface area contributed by atoms with Gasteiger partial charge >= 0.3 is 12.1 Å². The van der Waals surface area contributed by atoms with E-state index in [4.69, 9.17) is 14.2 Å². The molecule has 1 amide bonds. The third-order valence-electron chi connectivity index (χ3n) is 4.17. The number of methoxy groups -OCH3 is 3. The Morgan fingerprint density at radius 3 is 2.30 bits per heavy atom. The maximum absolute atomic E-state index is 12.7. The van der Waals surface area contributed by atoms with Crippen molar-refractivity contribution in [2.24, 2.45) is 0 Å². The van der Waals surface area contributed by atoms with Crippen LogP contribution in [0, 0.1) is 0 Å². The van der Waals surface area contributed by atoms with Crippen LogP contribution in [0.1, 0.15) is 37.9 Å². The largest absolute Gasteiger partial charge is 0.493 e. The highest BCUT2D eigenvalue weighted by Gasteiger charge is 2.33. The van der Waals surface area contributed by atoms with Crippen LogP contribution in [0.25, 0.3) is 0 Å². The predicted octanol–water partition coefficient (Wildman–Crippen LogP) is 3.27. The van der Waals surface area contributed by atoms with Crippen LogP contribution in [0.5, 0.6) is 11.5 Å². The highest BCUT2D eigenvalue weighted by molar-refractivity contribution is 5.82. The van der Waals surface area contributed by atoms with Crippen LogP contribution in [0.2, 0.25) is 0 Å². The SMILES string of the molecule is COC(=O)/C=C/[C@H]1c2cc(OC)c(OC)cc2CCN1C(=O)OC(C)(C)C. The van der Waals surface area contributed by atoms with Crippen LogP contribution in [0.3, 0.4) is 0 Å². The van der Waals surface area contributed by atoms with E-state index in [1.807, 2.05) is 32.9 Å². The van der Waals surface area contributed by atoms with Gasteiger partial charge in [-0.25, -0.2) is 9.59 Å². The summed E-state index contributed by atoms with van der Waals surface area (Å²) in [6.45, 7) is 5.90. The third kappa shape index (κ3) is 4.93. The van der Waals surface area contributed by atoms with Gasteiger partial charge in [0.15, 0.2) is 11.5 Å². The minimum atomic E-state index is -0.619. The minimum absolute atomic E-state index is 0.442. The molecule has 0 fully saturated rings. The summed E-state index contributed by atoms with van der Waals surface area (Å²) in [6.07, 6.45) is 3.15. The van der Waals surface area contributed by atoms with Gasteiger partial charge in [0.25, 0.3) is 0 Å². The summed E-state index contributed by atoms with van der Waals surface area (Å²) in [6, 6.07) is 3.25. The summed E-state index contributed by atoms with van der Waals surface area (Å²) in [5, 5.41) is 0. The summed E-state index contributed by atoms with van der Waals surface area (Å²) < 4.78 is 21.0. The van der Waals surface area contributed by atoms with Crippen molar-refractivity contribution >= 4 is 12.1 Å². The first-order chi connectivity index (χ1) is 12.7. The van der Waals surface area contributed by atoms with Gasteiger partial charge in [-0.15, -0.1) is 0 Å². The smallest absolute Gasteiger partial charge is 0.411 e. The number of carbonyl (C=O) groups excluding carboxylic acids is 2. The van der Waals surface area contributed by atoms with Gasteiger partial charge < -0.3 is 18.9 Å². The van der Waals surface area contributed by atoms with Crippen molar-refractivity contribution in [3.63, 3.8) is 0 Å². The van der Waals surface area contributed by atoms with Gasteiger partial charge in [-0.1, -0.05) is 6.08 Å². The Hall–Kier alpha value is -2.70. The molecule has 2 rings (SSSR count). The van der Waals surface area contributed by atoms with Crippen molar-refractivity contribution in [1.29, 1.82) is 0 Å². The van der Waals surface area contributed by atoms with E-state index >= 15 is 0 Å². The van der Waals surface area contributed by atoms with E-state index in [1.54, 1.807) is 25.2 Å². The second-order valence-corrected chi connectivity index (χ2v) is 7.16. The molecule has 0 aliphatic carbocycles. The fourth-order valence-corrected chi connectivity index (χ4v) is 2.95. The fraction of sp³-hybridized carbons (Fsp3) is 0.500. The van der Waals surface area contributed by atoms with Gasteiger partial charge in [0.2, 0.25) is 0 Å². The Morgan fingerprint density at radius 1 is 1.11 bits per heavy atom. The zero-order valence-corrected chi connectivity index (χ0v) is 16.7. The molecule has 0 bridgehead atoms. The molecule has 27 heavy (non-hydrogen) atoms. The van der Waals surface area contributed by atoms with Gasteiger partial charge in [0, 0.05) is 12.6 Å². The number of rotatable bonds is 4. The van der Waals surface area contributed by atoms with Gasteiger partial charge in [-0.3, -0.25) is 4.90 Å². The van der Waals surface area contributed by atoms with Gasteiger partial charge in [0.05, 0.1) is 27.4 Å². The first-order valence-electron chi connectivity index (χ1n) is 8.70. The van der Waals surface area contributed by atoms with E-state index in [1.165, 1.54) is 13.2 Å². The van der Waals surface area contributed by atoms with E-state index in [-0.39, 0.29) is 0 Å². The van der Waals surface area contributed by atoms with Crippen molar-refractivity contribution in [3.05, 3.63) is 35.4 Å². The quantitative estimate of drug-likeness (QED) is 0.592. The second-order valence-electron chi connectivity index (χ2n) is 7.16. The summed E-state index contributed by atoms with van der Waals surface area (Å²) in [7, 11) is 4.44. The first kappa shape index (κ1) is 20.6. The maximum Gasteiger partial charge on any atom is 0.411 e. The van der Waals surface area contributed by atoms with Crippen molar-refractivity contribution in [2.45, 2.75) is 38.8 Å². The summed E-state index contributed by atoms with van der Waals surface area (Å²) >= 11 is 0. The van der Waals surface area contributed by atoms with Gasteiger partial charge in [-0.2, -0.15) is 0 Å². The van der Waals surface area contributed by atoms with Crippen molar-refractivity contribution in [2.75, 3.05) is 27.9 Å². The molecular formula is C20H27NO6. The van der Waals surface area contributed by atoms with E-state index in [2.05, 4.69) is 4.74 Å². The lowest BCUT2D eigenvalue weighted by Crippen LogP contribution is -2.42. The van der Waals surface area contributed by atoms with Crippen molar-refractivity contribution in [3.8, 4) is 11.5 Å². The standard InChI is InChI=1S/C20H27NO6/c1-20(2,3)27-19(23)21-10-9-13-11-16(24-4)17(25-5)12-14(13)15(21)7-8-18(22)26-6/h7-8,11-12,15H,9-10H2,1-6H3/b8-7+/t15-/m0/s1. The molecule has 7 nitrogen and oxygen atoms in total. The third-order valence-corrected chi connectivity index (χ3v) is 4.17. The van der Waals surface area contributed by atoms with Crippen LogP contribution in [-0.2, 0) is 20.7 Å². The lowest BCUT2D eigenvalue weighted by molar-refractivity contribution is -0.134. The molecule has 1 aromatic carbocycles.